The standard InChI is InChI=1S/C12H8ClFN4O2S/c1-7-5-11(13)17-12(16-7)18-21(19,20)10-4-2-3-9(14)8(10)6-15/h2-5H,1H3,(H,16,17,18). The second-order valence-corrected chi connectivity index (χ2v) is 6.02. The predicted molar refractivity (Wildman–Crippen MR) is 73.7 cm³/mol. The Balaban J connectivity index is 2.49. The smallest absolute Gasteiger partial charge is 0.247 e. The highest BCUT2D eigenvalue weighted by atomic mass is 35.5. The molecule has 2 aromatic rings. The van der Waals surface area contributed by atoms with Gasteiger partial charge in [0.25, 0.3) is 10.0 Å². The number of halogens is 2. The van der Waals surface area contributed by atoms with Crippen molar-refractivity contribution < 1.29 is 12.8 Å². The van der Waals surface area contributed by atoms with E-state index in [1.54, 1.807) is 6.92 Å². The van der Waals surface area contributed by atoms with Gasteiger partial charge in [-0.05, 0) is 25.1 Å². The largest absolute Gasteiger partial charge is 0.265 e. The maximum Gasteiger partial charge on any atom is 0.265 e. The van der Waals surface area contributed by atoms with Gasteiger partial charge >= 0.3 is 0 Å². The Bertz CT molecular complexity index is 829. The highest BCUT2D eigenvalue weighted by molar-refractivity contribution is 7.92. The van der Waals surface area contributed by atoms with E-state index in [4.69, 9.17) is 16.9 Å². The van der Waals surface area contributed by atoms with Gasteiger partial charge in [0.05, 0.1) is 0 Å². The molecular weight excluding hydrogens is 319 g/mol. The van der Waals surface area contributed by atoms with Gasteiger partial charge in [0.2, 0.25) is 5.95 Å². The van der Waals surface area contributed by atoms with Crippen molar-refractivity contribution in [1.29, 1.82) is 5.26 Å². The van der Waals surface area contributed by atoms with Crippen molar-refractivity contribution in [3.05, 3.63) is 46.5 Å². The molecule has 2 rings (SSSR count). The first-order valence-corrected chi connectivity index (χ1v) is 7.42. The Morgan fingerprint density at radius 2 is 2.10 bits per heavy atom. The van der Waals surface area contributed by atoms with Crippen LogP contribution in [0.25, 0.3) is 0 Å². The van der Waals surface area contributed by atoms with Crippen LogP contribution < -0.4 is 4.72 Å². The molecule has 21 heavy (non-hydrogen) atoms. The molecule has 1 N–H and O–H groups in total. The zero-order chi connectivity index (χ0) is 15.6. The molecule has 0 aliphatic carbocycles. The molecule has 0 saturated carbocycles. The van der Waals surface area contributed by atoms with Crippen LogP contribution in [0.1, 0.15) is 11.3 Å². The SMILES string of the molecule is Cc1cc(Cl)nc(NS(=O)(=O)c2cccc(F)c2C#N)n1. The number of anilines is 1. The number of aryl methyl sites for hydroxylation is 1. The van der Waals surface area contributed by atoms with E-state index in [0.29, 0.717) is 5.69 Å². The number of nitrogens with one attached hydrogen (secondary N) is 1. The van der Waals surface area contributed by atoms with Crippen LogP contribution in [0.3, 0.4) is 0 Å². The number of aromatic nitrogens is 2. The fourth-order valence-electron chi connectivity index (χ4n) is 1.59. The molecule has 0 spiro atoms. The van der Waals surface area contributed by atoms with Gasteiger partial charge in [-0.15, -0.1) is 0 Å². The fourth-order valence-corrected chi connectivity index (χ4v) is 2.94. The van der Waals surface area contributed by atoms with Crippen LogP contribution in [-0.4, -0.2) is 18.4 Å². The monoisotopic (exact) mass is 326 g/mol. The van der Waals surface area contributed by atoms with Crippen molar-refractivity contribution in [2.24, 2.45) is 0 Å². The summed E-state index contributed by atoms with van der Waals surface area (Å²) in [7, 11) is -4.21. The minimum Gasteiger partial charge on any atom is -0.247 e. The molecule has 6 nitrogen and oxygen atoms in total. The first kappa shape index (κ1) is 15.2. The van der Waals surface area contributed by atoms with E-state index in [9.17, 15) is 12.8 Å². The summed E-state index contributed by atoms with van der Waals surface area (Å²) in [4.78, 5) is 7.08. The molecule has 0 unspecified atom stereocenters. The van der Waals surface area contributed by atoms with E-state index in [1.807, 2.05) is 0 Å². The minimum atomic E-state index is -4.21. The van der Waals surface area contributed by atoms with Crippen molar-refractivity contribution in [2.45, 2.75) is 11.8 Å². The average Bonchev–Trinajstić information content (AvgIpc) is 2.36. The molecule has 0 fully saturated rings. The Hall–Kier alpha value is -2.24. The third kappa shape index (κ3) is 3.26. The molecule has 108 valence electrons. The van der Waals surface area contributed by atoms with Crippen LogP contribution in [0.15, 0.2) is 29.2 Å². The van der Waals surface area contributed by atoms with Crippen LogP contribution in [-0.2, 0) is 10.0 Å². The maximum atomic E-state index is 13.5. The Morgan fingerprint density at radius 1 is 1.38 bits per heavy atom. The highest BCUT2D eigenvalue weighted by Gasteiger charge is 2.22. The van der Waals surface area contributed by atoms with Crippen molar-refractivity contribution in [1.82, 2.24) is 9.97 Å². The molecular formula is C12H8ClFN4O2S. The molecule has 0 aliphatic heterocycles. The summed E-state index contributed by atoms with van der Waals surface area (Å²) >= 11 is 5.71. The summed E-state index contributed by atoms with van der Waals surface area (Å²) in [5.41, 5.74) is -0.129. The van der Waals surface area contributed by atoms with Gasteiger partial charge in [0.15, 0.2) is 0 Å². The fraction of sp³-hybridized carbons (Fsp3) is 0.0833. The second-order valence-electron chi connectivity index (χ2n) is 3.99. The maximum absolute atomic E-state index is 13.5. The van der Waals surface area contributed by atoms with Crippen LogP contribution in [0.2, 0.25) is 5.15 Å². The van der Waals surface area contributed by atoms with E-state index in [0.717, 1.165) is 12.1 Å². The molecule has 0 aliphatic rings. The van der Waals surface area contributed by atoms with Crippen LogP contribution in [0.4, 0.5) is 10.3 Å². The predicted octanol–water partition coefficient (Wildman–Crippen LogP) is 2.25. The second kappa shape index (κ2) is 5.63. The lowest BCUT2D eigenvalue weighted by molar-refractivity contribution is 0.593. The molecule has 1 heterocycles. The van der Waals surface area contributed by atoms with Gasteiger partial charge < -0.3 is 0 Å². The van der Waals surface area contributed by atoms with E-state index in [2.05, 4.69) is 14.7 Å². The number of hydrogen-bond donors (Lipinski definition) is 1. The van der Waals surface area contributed by atoms with Crippen LogP contribution >= 0.6 is 11.6 Å². The number of nitriles is 1. The normalized spacial score (nSPS) is 11.0. The average molecular weight is 327 g/mol. The lowest BCUT2D eigenvalue weighted by atomic mass is 10.2. The number of benzene rings is 1. The number of rotatable bonds is 3. The Morgan fingerprint density at radius 3 is 2.71 bits per heavy atom. The molecule has 0 radical (unpaired) electrons. The topological polar surface area (TPSA) is 95.7 Å². The number of nitrogens with zero attached hydrogens (tertiary/aromatic N) is 3. The summed E-state index contributed by atoms with van der Waals surface area (Å²) in [5.74, 6) is -1.18. The van der Waals surface area contributed by atoms with Crippen LogP contribution in [0.5, 0.6) is 0 Å². The third-order valence-electron chi connectivity index (χ3n) is 2.43. The molecule has 9 heteroatoms. The zero-order valence-corrected chi connectivity index (χ0v) is 12.2. The molecule has 0 saturated heterocycles. The summed E-state index contributed by atoms with van der Waals surface area (Å²) < 4.78 is 40.0. The van der Waals surface area contributed by atoms with Gasteiger partial charge in [-0.1, -0.05) is 17.7 Å². The first-order chi connectivity index (χ1) is 9.83. The lowest BCUT2D eigenvalue weighted by Gasteiger charge is -2.09. The summed E-state index contributed by atoms with van der Waals surface area (Å²) in [6, 6.07) is 6.26. The Kier molecular flexibility index (Phi) is 4.06. The van der Waals surface area contributed by atoms with Crippen molar-refractivity contribution in [3.8, 4) is 6.07 Å². The highest BCUT2D eigenvalue weighted by Crippen LogP contribution is 2.20. The summed E-state index contributed by atoms with van der Waals surface area (Å²) in [6.07, 6.45) is 0. The van der Waals surface area contributed by atoms with Gasteiger partial charge in [0.1, 0.15) is 27.5 Å². The van der Waals surface area contributed by atoms with Crippen molar-refractivity contribution in [2.75, 3.05) is 4.72 Å². The quantitative estimate of drug-likeness (QED) is 0.873. The molecule has 1 aromatic heterocycles. The lowest BCUT2D eigenvalue weighted by Crippen LogP contribution is -2.17. The molecule has 0 bridgehead atoms. The number of sulfonamides is 1. The van der Waals surface area contributed by atoms with Gasteiger partial charge in [0, 0.05) is 5.69 Å². The van der Waals surface area contributed by atoms with Gasteiger partial charge in [-0.3, -0.25) is 0 Å². The molecule has 1 aromatic carbocycles. The van der Waals surface area contributed by atoms with E-state index >= 15 is 0 Å². The Labute approximate surface area is 125 Å². The van der Waals surface area contributed by atoms with E-state index in [-0.39, 0.29) is 11.1 Å². The molecule has 0 amide bonds. The summed E-state index contributed by atoms with van der Waals surface area (Å²) in [5, 5.41) is 8.94. The minimum absolute atomic E-state index is 0.0555. The zero-order valence-electron chi connectivity index (χ0n) is 10.6. The third-order valence-corrected chi connectivity index (χ3v) is 3.99. The number of hydrogen-bond acceptors (Lipinski definition) is 5. The first-order valence-electron chi connectivity index (χ1n) is 5.56. The van der Waals surface area contributed by atoms with Crippen LogP contribution in [0, 0.1) is 24.1 Å². The van der Waals surface area contributed by atoms with E-state index < -0.39 is 26.3 Å². The molecule has 0 atom stereocenters. The van der Waals surface area contributed by atoms with Gasteiger partial charge in [-0.25, -0.2) is 27.5 Å². The van der Waals surface area contributed by atoms with Crippen molar-refractivity contribution >= 4 is 27.6 Å². The van der Waals surface area contributed by atoms with E-state index in [1.165, 1.54) is 18.2 Å². The summed E-state index contributed by atoms with van der Waals surface area (Å²) in [6.45, 7) is 1.61. The van der Waals surface area contributed by atoms with Gasteiger partial charge in [-0.2, -0.15) is 5.26 Å². The van der Waals surface area contributed by atoms with Crippen molar-refractivity contribution in [3.63, 3.8) is 0 Å².